The fraction of sp³-hybridized carbons (Fsp3) is 0.353. The van der Waals surface area contributed by atoms with Crippen LogP contribution in [0.2, 0.25) is 0 Å². The zero-order valence-electron chi connectivity index (χ0n) is 11.8. The van der Waals surface area contributed by atoms with Crippen LogP contribution in [0.3, 0.4) is 0 Å². The van der Waals surface area contributed by atoms with E-state index in [4.69, 9.17) is 4.74 Å². The molecule has 0 amide bonds. The molecular weight excluding hydrogens is 328 g/mol. The van der Waals surface area contributed by atoms with Gasteiger partial charge in [0.05, 0.1) is 6.61 Å². The van der Waals surface area contributed by atoms with Crippen LogP contribution in [-0.4, -0.2) is 24.2 Å². The summed E-state index contributed by atoms with van der Waals surface area (Å²) in [5.74, 6) is 0. The molecule has 2 heterocycles. The Morgan fingerprint density at radius 3 is 2.76 bits per heavy atom. The van der Waals surface area contributed by atoms with E-state index in [2.05, 4.69) is 56.6 Å². The van der Waals surface area contributed by atoms with Crippen molar-refractivity contribution in [3.05, 3.63) is 64.4 Å². The van der Waals surface area contributed by atoms with E-state index in [1.54, 1.807) is 0 Å². The lowest BCUT2D eigenvalue weighted by Gasteiger charge is -2.22. The Labute approximate surface area is 133 Å². The number of nitrogens with zero attached hydrogens (tertiary/aromatic N) is 1. The second kappa shape index (κ2) is 7.16. The highest BCUT2D eigenvalue weighted by molar-refractivity contribution is 9.10. The lowest BCUT2D eigenvalue weighted by atomic mass is 10.0. The topological polar surface area (TPSA) is 34.2 Å². The second-order valence-corrected chi connectivity index (χ2v) is 6.27. The zero-order valence-corrected chi connectivity index (χ0v) is 13.4. The van der Waals surface area contributed by atoms with Crippen LogP contribution in [0.25, 0.3) is 0 Å². The Kier molecular flexibility index (Phi) is 5.01. The van der Waals surface area contributed by atoms with E-state index >= 15 is 0 Å². The summed E-state index contributed by atoms with van der Waals surface area (Å²) in [6, 6.07) is 15.3. The lowest BCUT2D eigenvalue weighted by Crippen LogP contribution is -2.34. The molecule has 1 N–H and O–H groups in total. The molecule has 3 rings (SSSR count). The van der Waals surface area contributed by atoms with Gasteiger partial charge in [0, 0.05) is 41.5 Å². The molecule has 1 aliphatic heterocycles. The molecule has 1 aliphatic rings. The van der Waals surface area contributed by atoms with Gasteiger partial charge in [-0.1, -0.05) is 34.1 Å². The largest absolute Gasteiger partial charge is 0.380 e. The van der Waals surface area contributed by atoms with Gasteiger partial charge in [0.15, 0.2) is 0 Å². The van der Waals surface area contributed by atoms with Gasteiger partial charge in [-0.3, -0.25) is 4.98 Å². The van der Waals surface area contributed by atoms with Crippen LogP contribution in [0.15, 0.2) is 53.1 Å². The van der Waals surface area contributed by atoms with Crippen LogP contribution in [0.1, 0.15) is 23.7 Å². The van der Waals surface area contributed by atoms with Crippen LogP contribution in [0.5, 0.6) is 0 Å². The molecule has 3 nitrogen and oxygen atoms in total. The van der Waals surface area contributed by atoms with Gasteiger partial charge in [-0.2, -0.15) is 0 Å². The fourth-order valence-electron chi connectivity index (χ4n) is 2.65. The van der Waals surface area contributed by atoms with Gasteiger partial charge in [-0.15, -0.1) is 0 Å². The molecule has 1 aromatic heterocycles. The van der Waals surface area contributed by atoms with E-state index in [-0.39, 0.29) is 6.04 Å². The molecule has 4 heteroatoms. The summed E-state index contributed by atoms with van der Waals surface area (Å²) in [5.41, 5.74) is 2.40. The van der Waals surface area contributed by atoms with E-state index in [1.807, 2.05) is 18.3 Å². The first-order valence-corrected chi connectivity index (χ1v) is 8.10. The van der Waals surface area contributed by atoms with Gasteiger partial charge in [0.1, 0.15) is 0 Å². The van der Waals surface area contributed by atoms with Gasteiger partial charge in [-0.25, -0.2) is 0 Å². The van der Waals surface area contributed by atoms with Crippen molar-refractivity contribution in [2.45, 2.75) is 24.9 Å². The molecule has 2 aromatic rings. The van der Waals surface area contributed by atoms with Crippen molar-refractivity contribution < 1.29 is 4.74 Å². The second-order valence-electron chi connectivity index (χ2n) is 5.36. The zero-order chi connectivity index (χ0) is 14.5. The Hall–Kier alpha value is -1.23. The fourth-order valence-corrected chi connectivity index (χ4v) is 2.91. The first-order valence-electron chi connectivity index (χ1n) is 7.30. The van der Waals surface area contributed by atoms with Crippen molar-refractivity contribution in [3.8, 4) is 0 Å². The third-order valence-corrected chi connectivity index (χ3v) is 4.31. The number of halogens is 1. The minimum absolute atomic E-state index is 0.264. The Bertz CT molecular complexity index is 553. The number of hydrogen-bond acceptors (Lipinski definition) is 3. The van der Waals surface area contributed by atoms with E-state index in [0.717, 1.165) is 36.2 Å². The third kappa shape index (κ3) is 4.13. The Morgan fingerprint density at radius 2 is 2.10 bits per heavy atom. The summed E-state index contributed by atoms with van der Waals surface area (Å²) in [5, 5.41) is 3.72. The Morgan fingerprint density at radius 1 is 1.24 bits per heavy atom. The first-order chi connectivity index (χ1) is 10.3. The average molecular weight is 347 g/mol. The molecular formula is C17H19BrN2O. The van der Waals surface area contributed by atoms with Crippen LogP contribution in [-0.2, 0) is 11.2 Å². The number of pyridine rings is 1. The summed E-state index contributed by atoms with van der Waals surface area (Å²) in [6.07, 6.45) is 3.82. The van der Waals surface area contributed by atoms with Crippen molar-refractivity contribution >= 4 is 15.9 Å². The van der Waals surface area contributed by atoms with Crippen molar-refractivity contribution in [1.29, 1.82) is 0 Å². The molecule has 0 aliphatic carbocycles. The molecule has 0 radical (unpaired) electrons. The SMILES string of the molecule is Brc1ccc([C@H](Cc2ccccn2)N[C@H]2CCOC2)cc1. The normalized spacial score (nSPS) is 19.6. The van der Waals surface area contributed by atoms with Gasteiger partial charge < -0.3 is 10.1 Å². The smallest absolute Gasteiger partial charge is 0.0620 e. The quantitative estimate of drug-likeness (QED) is 0.899. The maximum Gasteiger partial charge on any atom is 0.0620 e. The predicted molar refractivity (Wildman–Crippen MR) is 87.2 cm³/mol. The number of aromatic nitrogens is 1. The molecule has 2 atom stereocenters. The first kappa shape index (κ1) is 14.7. The molecule has 21 heavy (non-hydrogen) atoms. The van der Waals surface area contributed by atoms with E-state index in [1.165, 1.54) is 5.56 Å². The van der Waals surface area contributed by atoms with Gasteiger partial charge >= 0.3 is 0 Å². The lowest BCUT2D eigenvalue weighted by molar-refractivity contribution is 0.188. The standard InChI is InChI=1S/C17H19BrN2O/c18-14-6-4-13(5-7-14)17(20-16-8-10-21-12-16)11-15-3-1-2-9-19-15/h1-7,9,16-17,20H,8,10-12H2/t16-,17-/m0/s1. The van der Waals surface area contributed by atoms with Crippen LogP contribution >= 0.6 is 15.9 Å². The highest BCUT2D eigenvalue weighted by Gasteiger charge is 2.21. The van der Waals surface area contributed by atoms with E-state index in [9.17, 15) is 0 Å². The molecule has 1 fully saturated rings. The Balaban J connectivity index is 1.77. The number of rotatable bonds is 5. The van der Waals surface area contributed by atoms with E-state index in [0.29, 0.717) is 6.04 Å². The summed E-state index contributed by atoms with van der Waals surface area (Å²) in [7, 11) is 0. The summed E-state index contributed by atoms with van der Waals surface area (Å²) < 4.78 is 6.58. The summed E-state index contributed by atoms with van der Waals surface area (Å²) in [4.78, 5) is 4.46. The summed E-state index contributed by atoms with van der Waals surface area (Å²) in [6.45, 7) is 1.66. The average Bonchev–Trinajstić information content (AvgIpc) is 3.01. The van der Waals surface area contributed by atoms with E-state index < -0.39 is 0 Å². The van der Waals surface area contributed by atoms with Crippen molar-refractivity contribution in [3.63, 3.8) is 0 Å². The minimum atomic E-state index is 0.264. The number of hydrogen-bond donors (Lipinski definition) is 1. The minimum Gasteiger partial charge on any atom is -0.380 e. The molecule has 0 bridgehead atoms. The predicted octanol–water partition coefficient (Wildman–Crippen LogP) is 3.51. The van der Waals surface area contributed by atoms with Crippen molar-refractivity contribution in [1.82, 2.24) is 10.3 Å². The molecule has 0 saturated carbocycles. The third-order valence-electron chi connectivity index (χ3n) is 3.78. The molecule has 0 unspecified atom stereocenters. The van der Waals surface area contributed by atoms with Gasteiger partial charge in [0.2, 0.25) is 0 Å². The molecule has 0 spiro atoms. The highest BCUT2D eigenvalue weighted by atomic mass is 79.9. The maximum atomic E-state index is 5.48. The van der Waals surface area contributed by atoms with Crippen molar-refractivity contribution in [2.75, 3.05) is 13.2 Å². The van der Waals surface area contributed by atoms with Crippen LogP contribution in [0.4, 0.5) is 0 Å². The summed E-state index contributed by atoms with van der Waals surface area (Å²) >= 11 is 3.50. The monoisotopic (exact) mass is 346 g/mol. The van der Waals surface area contributed by atoms with Crippen LogP contribution in [0, 0.1) is 0 Å². The molecule has 110 valence electrons. The molecule has 1 aromatic carbocycles. The van der Waals surface area contributed by atoms with Gasteiger partial charge in [0.25, 0.3) is 0 Å². The number of nitrogens with one attached hydrogen (secondary N) is 1. The van der Waals surface area contributed by atoms with Gasteiger partial charge in [-0.05, 0) is 36.2 Å². The number of benzene rings is 1. The highest BCUT2D eigenvalue weighted by Crippen LogP contribution is 2.22. The van der Waals surface area contributed by atoms with Crippen molar-refractivity contribution in [2.24, 2.45) is 0 Å². The number of ether oxygens (including phenoxy) is 1. The molecule has 1 saturated heterocycles. The van der Waals surface area contributed by atoms with Crippen LogP contribution < -0.4 is 5.32 Å². The maximum absolute atomic E-state index is 5.48.